The summed E-state index contributed by atoms with van der Waals surface area (Å²) in [7, 11) is 0. The molecule has 94 valence electrons. The molecule has 0 saturated heterocycles. The Bertz CT molecular complexity index is 346. The number of aryl methyl sites for hydroxylation is 1. The normalized spacial score (nSPS) is 19.0. The highest BCUT2D eigenvalue weighted by Crippen LogP contribution is 2.40. The zero-order chi connectivity index (χ0) is 12.3. The van der Waals surface area contributed by atoms with Crippen LogP contribution >= 0.6 is 0 Å². The van der Waals surface area contributed by atoms with Gasteiger partial charge in [-0.05, 0) is 31.2 Å². The van der Waals surface area contributed by atoms with Gasteiger partial charge in [0.1, 0.15) is 0 Å². The molecule has 1 aliphatic carbocycles. The van der Waals surface area contributed by atoms with Crippen molar-refractivity contribution in [1.82, 2.24) is 5.32 Å². The lowest BCUT2D eigenvalue weighted by Gasteiger charge is -2.20. The van der Waals surface area contributed by atoms with E-state index in [-0.39, 0.29) is 6.61 Å². The number of aliphatic hydroxyl groups is 2. The van der Waals surface area contributed by atoms with Crippen LogP contribution in [0.25, 0.3) is 0 Å². The molecule has 1 aliphatic rings. The van der Waals surface area contributed by atoms with Gasteiger partial charge < -0.3 is 15.5 Å². The summed E-state index contributed by atoms with van der Waals surface area (Å²) in [5, 5.41) is 21.6. The third-order valence-electron chi connectivity index (χ3n) is 3.31. The molecule has 17 heavy (non-hydrogen) atoms. The first-order valence-electron chi connectivity index (χ1n) is 6.29. The number of hydrogen-bond donors (Lipinski definition) is 3. The van der Waals surface area contributed by atoms with E-state index < -0.39 is 6.10 Å². The van der Waals surface area contributed by atoms with Gasteiger partial charge in [0.25, 0.3) is 0 Å². The molecule has 2 unspecified atom stereocenters. The Morgan fingerprint density at radius 2 is 1.94 bits per heavy atom. The summed E-state index contributed by atoms with van der Waals surface area (Å²) in [5.41, 5.74) is 2.54. The standard InChI is InChI=1S/C14H21NO2/c1-10-2-4-11(5-3-10)14(12-6-7-12)15-8-13(17)9-16/h2-5,12-17H,6-9H2,1H3. The summed E-state index contributed by atoms with van der Waals surface area (Å²) in [5.74, 6) is 0.684. The molecule has 0 heterocycles. The molecule has 2 rings (SSSR count). The molecular formula is C14H21NO2. The first-order valence-corrected chi connectivity index (χ1v) is 6.29. The van der Waals surface area contributed by atoms with E-state index in [1.54, 1.807) is 0 Å². The Labute approximate surface area is 102 Å². The van der Waals surface area contributed by atoms with Crippen LogP contribution in [0, 0.1) is 12.8 Å². The van der Waals surface area contributed by atoms with E-state index in [1.807, 2.05) is 0 Å². The smallest absolute Gasteiger partial charge is 0.0895 e. The number of benzene rings is 1. The average Bonchev–Trinajstić information content (AvgIpc) is 3.15. The Hall–Kier alpha value is -0.900. The highest BCUT2D eigenvalue weighted by Gasteiger charge is 2.32. The van der Waals surface area contributed by atoms with Gasteiger partial charge in [0.2, 0.25) is 0 Å². The monoisotopic (exact) mass is 235 g/mol. The second kappa shape index (κ2) is 5.63. The predicted octanol–water partition coefficient (Wildman–Crippen LogP) is 1.39. The van der Waals surface area contributed by atoms with Gasteiger partial charge >= 0.3 is 0 Å². The minimum atomic E-state index is -0.665. The maximum absolute atomic E-state index is 9.39. The number of rotatable bonds is 6. The van der Waals surface area contributed by atoms with E-state index in [2.05, 4.69) is 36.5 Å². The zero-order valence-electron chi connectivity index (χ0n) is 10.3. The van der Waals surface area contributed by atoms with Gasteiger partial charge in [0.05, 0.1) is 12.7 Å². The SMILES string of the molecule is Cc1ccc(C(NCC(O)CO)C2CC2)cc1. The van der Waals surface area contributed by atoms with Crippen LogP contribution in [0.3, 0.4) is 0 Å². The van der Waals surface area contributed by atoms with Crippen LogP contribution in [0.5, 0.6) is 0 Å². The molecule has 0 aromatic heterocycles. The lowest BCUT2D eigenvalue weighted by atomic mass is 10.0. The summed E-state index contributed by atoms with van der Waals surface area (Å²) in [6, 6.07) is 8.86. The molecule has 0 spiro atoms. The van der Waals surface area contributed by atoms with Crippen molar-refractivity contribution in [3.63, 3.8) is 0 Å². The fourth-order valence-corrected chi connectivity index (χ4v) is 2.09. The summed E-state index contributed by atoms with van der Waals surface area (Å²) in [6.45, 7) is 2.35. The quantitative estimate of drug-likeness (QED) is 0.698. The second-order valence-corrected chi connectivity index (χ2v) is 4.97. The zero-order valence-corrected chi connectivity index (χ0v) is 10.3. The Morgan fingerprint density at radius 1 is 1.29 bits per heavy atom. The van der Waals surface area contributed by atoms with E-state index in [9.17, 15) is 5.11 Å². The molecule has 0 aliphatic heterocycles. The summed E-state index contributed by atoms with van der Waals surface area (Å²) < 4.78 is 0. The molecular weight excluding hydrogens is 214 g/mol. The Morgan fingerprint density at radius 3 is 2.47 bits per heavy atom. The van der Waals surface area contributed by atoms with Crippen molar-refractivity contribution >= 4 is 0 Å². The maximum atomic E-state index is 9.39. The molecule has 3 heteroatoms. The highest BCUT2D eigenvalue weighted by atomic mass is 16.3. The van der Waals surface area contributed by atoms with Crippen molar-refractivity contribution in [2.24, 2.45) is 5.92 Å². The maximum Gasteiger partial charge on any atom is 0.0895 e. The highest BCUT2D eigenvalue weighted by molar-refractivity contribution is 5.25. The van der Waals surface area contributed by atoms with Gasteiger partial charge in [0.15, 0.2) is 0 Å². The van der Waals surface area contributed by atoms with Gasteiger partial charge in [-0.25, -0.2) is 0 Å². The molecule has 3 nitrogen and oxygen atoms in total. The van der Waals surface area contributed by atoms with Crippen molar-refractivity contribution in [2.45, 2.75) is 31.9 Å². The topological polar surface area (TPSA) is 52.5 Å². The van der Waals surface area contributed by atoms with Crippen LogP contribution in [0.2, 0.25) is 0 Å². The fourth-order valence-electron chi connectivity index (χ4n) is 2.09. The summed E-state index contributed by atoms with van der Waals surface area (Å²) in [4.78, 5) is 0. The molecule has 0 amide bonds. The molecule has 1 aromatic rings. The van der Waals surface area contributed by atoms with Crippen molar-refractivity contribution < 1.29 is 10.2 Å². The van der Waals surface area contributed by atoms with Crippen LogP contribution < -0.4 is 5.32 Å². The molecule has 1 saturated carbocycles. The number of hydrogen-bond acceptors (Lipinski definition) is 3. The molecule has 1 fully saturated rings. The average molecular weight is 235 g/mol. The van der Waals surface area contributed by atoms with Gasteiger partial charge in [-0.3, -0.25) is 0 Å². The van der Waals surface area contributed by atoms with Gasteiger partial charge in [0, 0.05) is 12.6 Å². The molecule has 0 radical (unpaired) electrons. The minimum absolute atomic E-state index is 0.182. The molecule has 0 bridgehead atoms. The second-order valence-electron chi connectivity index (χ2n) is 4.97. The van der Waals surface area contributed by atoms with E-state index in [0.717, 1.165) is 0 Å². The summed E-state index contributed by atoms with van der Waals surface area (Å²) >= 11 is 0. The van der Waals surface area contributed by atoms with Crippen LogP contribution in [-0.2, 0) is 0 Å². The largest absolute Gasteiger partial charge is 0.394 e. The van der Waals surface area contributed by atoms with Crippen LogP contribution in [0.15, 0.2) is 24.3 Å². The van der Waals surface area contributed by atoms with E-state index in [0.29, 0.717) is 18.5 Å². The van der Waals surface area contributed by atoms with Gasteiger partial charge in [-0.2, -0.15) is 0 Å². The van der Waals surface area contributed by atoms with Gasteiger partial charge in [-0.15, -0.1) is 0 Å². The van der Waals surface area contributed by atoms with E-state index in [1.165, 1.54) is 24.0 Å². The molecule has 2 atom stereocenters. The van der Waals surface area contributed by atoms with E-state index in [4.69, 9.17) is 5.11 Å². The number of nitrogens with one attached hydrogen (secondary N) is 1. The summed E-state index contributed by atoms with van der Waals surface area (Å²) in [6.07, 6.45) is 1.84. The van der Waals surface area contributed by atoms with Crippen LogP contribution in [-0.4, -0.2) is 29.5 Å². The first-order chi connectivity index (χ1) is 8.20. The van der Waals surface area contributed by atoms with Crippen molar-refractivity contribution in [3.05, 3.63) is 35.4 Å². The predicted molar refractivity (Wildman–Crippen MR) is 67.7 cm³/mol. The van der Waals surface area contributed by atoms with Crippen LogP contribution in [0.1, 0.15) is 30.0 Å². The van der Waals surface area contributed by atoms with Crippen molar-refractivity contribution in [2.75, 3.05) is 13.2 Å². The third kappa shape index (κ3) is 3.53. The van der Waals surface area contributed by atoms with Crippen molar-refractivity contribution in [3.8, 4) is 0 Å². The Balaban J connectivity index is 1.99. The first kappa shape index (κ1) is 12.6. The van der Waals surface area contributed by atoms with Gasteiger partial charge in [-0.1, -0.05) is 29.8 Å². The lowest BCUT2D eigenvalue weighted by molar-refractivity contribution is 0.0911. The minimum Gasteiger partial charge on any atom is -0.394 e. The Kier molecular flexibility index (Phi) is 4.15. The number of aliphatic hydroxyl groups excluding tert-OH is 2. The molecule has 3 N–H and O–H groups in total. The fraction of sp³-hybridized carbons (Fsp3) is 0.571. The van der Waals surface area contributed by atoms with Crippen LogP contribution in [0.4, 0.5) is 0 Å². The lowest BCUT2D eigenvalue weighted by Crippen LogP contribution is -2.33. The third-order valence-corrected chi connectivity index (χ3v) is 3.31. The van der Waals surface area contributed by atoms with Crippen molar-refractivity contribution in [1.29, 1.82) is 0 Å². The van der Waals surface area contributed by atoms with E-state index >= 15 is 0 Å². The molecule has 1 aromatic carbocycles.